The third-order valence-corrected chi connectivity index (χ3v) is 6.33. The van der Waals surface area contributed by atoms with Crippen LogP contribution in [0.3, 0.4) is 0 Å². The van der Waals surface area contributed by atoms with Crippen molar-refractivity contribution in [2.45, 2.75) is 43.7 Å². The third kappa shape index (κ3) is 4.70. The van der Waals surface area contributed by atoms with E-state index in [4.69, 9.17) is 16.3 Å². The van der Waals surface area contributed by atoms with Crippen LogP contribution >= 0.6 is 0 Å². The Morgan fingerprint density at radius 3 is 2.36 bits per heavy atom. The van der Waals surface area contributed by atoms with Crippen molar-refractivity contribution in [3.05, 3.63) is 59.7 Å². The number of carboxylic acid groups (broad SMARTS) is 1. The molecule has 33 heavy (non-hydrogen) atoms. The van der Waals surface area contributed by atoms with E-state index in [2.05, 4.69) is 23.4 Å². The lowest BCUT2D eigenvalue weighted by molar-refractivity contribution is -0.140. The van der Waals surface area contributed by atoms with Crippen molar-refractivity contribution in [2.75, 3.05) is 13.2 Å². The summed E-state index contributed by atoms with van der Waals surface area (Å²) in [6.45, 7) is 0.576. The number of rotatable bonds is 7. The molecule has 7 heteroatoms. The summed E-state index contributed by atoms with van der Waals surface area (Å²) in [4.78, 5) is 38.3. The Bertz CT molecular complexity index is 1060. The van der Waals surface area contributed by atoms with Crippen LogP contribution in [0, 0.1) is 12.3 Å². The standard InChI is InChI=1S/C26H26N2O5/c1-2-8-23(25(31)28-14-7-9-17(28)15-24(29)30)27-26(32)33-16-22-20-12-5-3-10-18(20)19-11-4-6-13-21(19)22/h1,3-6,10-13,17,22-23H,7-9,14-16H2,(H,27,32)(H,29,30). The highest BCUT2D eigenvalue weighted by atomic mass is 16.5. The molecule has 2 N–H and O–H groups in total. The van der Waals surface area contributed by atoms with E-state index in [1.807, 2.05) is 36.4 Å². The number of terminal acetylenes is 1. The van der Waals surface area contributed by atoms with Crippen LogP contribution in [-0.2, 0) is 14.3 Å². The Hall–Kier alpha value is -3.79. The van der Waals surface area contributed by atoms with Gasteiger partial charge in [-0.05, 0) is 35.1 Å². The molecule has 1 heterocycles. The summed E-state index contributed by atoms with van der Waals surface area (Å²) in [6.07, 6.45) is 5.92. The number of aliphatic carboxylic acids is 1. The van der Waals surface area contributed by atoms with E-state index >= 15 is 0 Å². The number of fused-ring (bicyclic) bond motifs is 3. The molecular formula is C26H26N2O5. The van der Waals surface area contributed by atoms with Gasteiger partial charge >= 0.3 is 12.1 Å². The first-order valence-corrected chi connectivity index (χ1v) is 11.1. The molecule has 2 aromatic carbocycles. The fourth-order valence-corrected chi connectivity index (χ4v) is 4.84. The summed E-state index contributed by atoms with van der Waals surface area (Å²) < 4.78 is 5.54. The number of likely N-dealkylation sites (tertiary alicyclic amines) is 1. The quantitative estimate of drug-likeness (QED) is 0.636. The van der Waals surface area contributed by atoms with Crippen molar-refractivity contribution in [1.82, 2.24) is 10.2 Å². The first-order valence-electron chi connectivity index (χ1n) is 11.1. The molecule has 2 unspecified atom stereocenters. The normalized spacial score (nSPS) is 17.5. The molecular weight excluding hydrogens is 420 g/mol. The highest BCUT2D eigenvalue weighted by molar-refractivity contribution is 5.87. The van der Waals surface area contributed by atoms with Crippen LogP contribution in [0.1, 0.15) is 42.7 Å². The zero-order chi connectivity index (χ0) is 23.4. The summed E-state index contributed by atoms with van der Waals surface area (Å²) >= 11 is 0. The molecule has 2 aliphatic rings. The fraction of sp³-hybridized carbons (Fsp3) is 0.346. The molecule has 2 atom stereocenters. The second-order valence-corrected chi connectivity index (χ2v) is 8.36. The van der Waals surface area contributed by atoms with Crippen molar-refractivity contribution >= 4 is 18.0 Å². The Morgan fingerprint density at radius 2 is 1.76 bits per heavy atom. The maximum Gasteiger partial charge on any atom is 0.407 e. The highest BCUT2D eigenvalue weighted by Crippen LogP contribution is 2.44. The fourth-order valence-electron chi connectivity index (χ4n) is 4.84. The molecule has 7 nitrogen and oxygen atoms in total. The average Bonchev–Trinajstić information content (AvgIpc) is 3.39. The minimum atomic E-state index is -0.960. The summed E-state index contributed by atoms with van der Waals surface area (Å²) in [5, 5.41) is 11.7. The maximum atomic E-state index is 13.0. The molecule has 2 amide bonds. The van der Waals surface area contributed by atoms with E-state index in [-0.39, 0.29) is 37.3 Å². The van der Waals surface area contributed by atoms with Crippen molar-refractivity contribution in [2.24, 2.45) is 0 Å². The Labute approximate surface area is 192 Å². The van der Waals surface area contributed by atoms with Gasteiger partial charge in [-0.25, -0.2) is 4.79 Å². The van der Waals surface area contributed by atoms with E-state index in [1.165, 1.54) is 4.90 Å². The summed E-state index contributed by atoms with van der Waals surface area (Å²) in [5.74, 6) is 0.998. The smallest absolute Gasteiger partial charge is 0.407 e. The van der Waals surface area contributed by atoms with Gasteiger partial charge in [0.15, 0.2) is 0 Å². The van der Waals surface area contributed by atoms with Crippen LogP contribution in [-0.4, -0.2) is 53.2 Å². The number of carbonyl (C=O) groups is 3. The number of carbonyl (C=O) groups excluding carboxylic acids is 2. The van der Waals surface area contributed by atoms with Gasteiger partial charge in [0.25, 0.3) is 0 Å². The predicted molar refractivity (Wildman–Crippen MR) is 122 cm³/mol. The topological polar surface area (TPSA) is 95.9 Å². The number of hydrogen-bond donors (Lipinski definition) is 2. The van der Waals surface area contributed by atoms with Gasteiger partial charge in [0.05, 0.1) is 6.42 Å². The number of hydrogen-bond acceptors (Lipinski definition) is 4. The monoisotopic (exact) mass is 446 g/mol. The van der Waals surface area contributed by atoms with Gasteiger partial charge in [0.1, 0.15) is 12.6 Å². The summed E-state index contributed by atoms with van der Waals surface area (Å²) in [5.41, 5.74) is 4.44. The Balaban J connectivity index is 1.42. The van der Waals surface area contributed by atoms with Gasteiger partial charge in [-0.2, -0.15) is 0 Å². The molecule has 1 aliphatic carbocycles. The molecule has 2 aromatic rings. The summed E-state index contributed by atoms with van der Waals surface area (Å²) in [7, 11) is 0. The number of nitrogens with zero attached hydrogens (tertiary/aromatic N) is 1. The SMILES string of the molecule is C#CCC(NC(=O)OCC1c2ccccc2-c2ccccc21)C(=O)N1CCCC1CC(=O)O. The number of alkyl carbamates (subject to hydrolysis) is 1. The first-order chi connectivity index (χ1) is 16.0. The molecule has 170 valence electrons. The van der Waals surface area contributed by atoms with E-state index in [9.17, 15) is 14.4 Å². The Kier molecular flexibility index (Phi) is 6.64. The lowest BCUT2D eigenvalue weighted by Gasteiger charge is -2.28. The zero-order valence-corrected chi connectivity index (χ0v) is 18.2. The highest BCUT2D eigenvalue weighted by Gasteiger charge is 2.35. The van der Waals surface area contributed by atoms with Gasteiger partial charge in [-0.3, -0.25) is 9.59 Å². The van der Waals surface area contributed by atoms with Crippen molar-refractivity contribution < 1.29 is 24.2 Å². The van der Waals surface area contributed by atoms with Crippen LogP contribution in [0.2, 0.25) is 0 Å². The van der Waals surface area contributed by atoms with Gasteiger partial charge in [0.2, 0.25) is 5.91 Å². The number of benzene rings is 2. The van der Waals surface area contributed by atoms with Gasteiger partial charge < -0.3 is 20.1 Å². The van der Waals surface area contributed by atoms with Crippen LogP contribution in [0.15, 0.2) is 48.5 Å². The van der Waals surface area contributed by atoms with Gasteiger partial charge in [0, 0.05) is 24.9 Å². The second kappa shape index (κ2) is 9.78. The molecule has 0 aromatic heterocycles. The minimum Gasteiger partial charge on any atom is -0.481 e. The molecule has 0 saturated carbocycles. The Morgan fingerprint density at radius 1 is 1.12 bits per heavy atom. The van der Waals surface area contributed by atoms with E-state index in [1.54, 1.807) is 0 Å². The van der Waals surface area contributed by atoms with Crippen molar-refractivity contribution in [3.63, 3.8) is 0 Å². The molecule has 1 fully saturated rings. The zero-order valence-electron chi connectivity index (χ0n) is 18.2. The summed E-state index contributed by atoms with van der Waals surface area (Å²) in [6, 6.07) is 14.7. The molecule has 0 spiro atoms. The van der Waals surface area contributed by atoms with Crippen molar-refractivity contribution in [1.29, 1.82) is 0 Å². The van der Waals surface area contributed by atoms with E-state index in [0.717, 1.165) is 28.7 Å². The van der Waals surface area contributed by atoms with Gasteiger partial charge in [-0.1, -0.05) is 48.5 Å². The lowest BCUT2D eigenvalue weighted by atomic mass is 9.98. The molecule has 1 saturated heterocycles. The van der Waals surface area contributed by atoms with Crippen LogP contribution in [0.4, 0.5) is 4.79 Å². The second-order valence-electron chi connectivity index (χ2n) is 8.36. The molecule has 0 radical (unpaired) electrons. The number of carboxylic acids is 1. The number of ether oxygens (including phenoxy) is 1. The minimum absolute atomic E-state index is 0.000674. The van der Waals surface area contributed by atoms with E-state index in [0.29, 0.717) is 13.0 Å². The van der Waals surface area contributed by atoms with Crippen LogP contribution < -0.4 is 5.32 Å². The van der Waals surface area contributed by atoms with Crippen molar-refractivity contribution in [3.8, 4) is 23.5 Å². The van der Waals surface area contributed by atoms with Crippen LogP contribution in [0.25, 0.3) is 11.1 Å². The van der Waals surface area contributed by atoms with E-state index < -0.39 is 18.1 Å². The van der Waals surface area contributed by atoms with Crippen LogP contribution in [0.5, 0.6) is 0 Å². The lowest BCUT2D eigenvalue weighted by Crippen LogP contribution is -2.50. The largest absolute Gasteiger partial charge is 0.481 e. The first kappa shape index (κ1) is 22.4. The average molecular weight is 447 g/mol. The predicted octanol–water partition coefficient (Wildman–Crippen LogP) is 3.38. The van der Waals surface area contributed by atoms with Gasteiger partial charge in [-0.15, -0.1) is 12.3 Å². The molecule has 0 bridgehead atoms. The molecule has 1 aliphatic heterocycles. The number of nitrogens with one attached hydrogen (secondary N) is 1. The third-order valence-electron chi connectivity index (χ3n) is 6.33. The maximum absolute atomic E-state index is 13.0. The number of amides is 2. The molecule has 4 rings (SSSR count).